The molecule has 1 aromatic carbocycles. The fourth-order valence-electron chi connectivity index (χ4n) is 2.51. The van der Waals surface area contributed by atoms with Crippen LogP contribution in [-0.2, 0) is 16.4 Å². The minimum absolute atomic E-state index is 0.102. The maximum atomic E-state index is 11.5. The third kappa shape index (κ3) is 4.76. The molecule has 0 radical (unpaired) electrons. The van der Waals surface area contributed by atoms with Crippen LogP contribution in [0.2, 0.25) is 0 Å². The zero-order valence-electron chi connectivity index (χ0n) is 13.9. The van der Waals surface area contributed by atoms with Crippen molar-refractivity contribution in [2.45, 2.75) is 19.0 Å². The van der Waals surface area contributed by atoms with Crippen LogP contribution in [0, 0.1) is 0 Å². The van der Waals surface area contributed by atoms with Gasteiger partial charge >= 0.3 is 0 Å². The molecule has 24 heavy (non-hydrogen) atoms. The van der Waals surface area contributed by atoms with Gasteiger partial charge in [-0.1, -0.05) is 15.9 Å². The second-order valence-corrected chi connectivity index (χ2v) is 8.55. The molecule has 0 spiro atoms. The summed E-state index contributed by atoms with van der Waals surface area (Å²) in [5.74, 6) is 2.23. The lowest BCUT2D eigenvalue weighted by molar-refractivity contribution is 0.354. The molecule has 134 valence electrons. The average Bonchev–Trinajstić information content (AvgIpc) is 2.90. The van der Waals surface area contributed by atoms with Gasteiger partial charge < -0.3 is 20.1 Å². The topological polar surface area (TPSA) is 89.0 Å². The van der Waals surface area contributed by atoms with Crippen LogP contribution in [0.4, 0.5) is 0 Å². The Morgan fingerprint density at radius 3 is 2.54 bits per heavy atom. The van der Waals surface area contributed by atoms with Crippen LogP contribution in [0.5, 0.6) is 11.5 Å². The van der Waals surface area contributed by atoms with Crippen molar-refractivity contribution in [2.75, 3.05) is 32.8 Å². The van der Waals surface area contributed by atoms with Crippen LogP contribution in [0.25, 0.3) is 0 Å². The number of halogens is 1. The predicted octanol–water partition coefficient (Wildman–Crippen LogP) is 1.32. The number of sulfone groups is 1. The Morgan fingerprint density at radius 2 is 2.00 bits per heavy atom. The van der Waals surface area contributed by atoms with Crippen LogP contribution in [0.15, 0.2) is 21.6 Å². The highest BCUT2D eigenvalue weighted by molar-refractivity contribution is 9.10. The molecule has 1 atom stereocenters. The fourth-order valence-corrected chi connectivity index (χ4v) is 4.64. The molecule has 1 aliphatic rings. The van der Waals surface area contributed by atoms with E-state index >= 15 is 0 Å². The van der Waals surface area contributed by atoms with Gasteiger partial charge in [0.25, 0.3) is 0 Å². The number of rotatable bonds is 5. The van der Waals surface area contributed by atoms with Crippen molar-refractivity contribution in [3.05, 3.63) is 22.2 Å². The summed E-state index contributed by atoms with van der Waals surface area (Å²) >= 11 is 3.51. The van der Waals surface area contributed by atoms with Crippen LogP contribution in [0.3, 0.4) is 0 Å². The predicted molar refractivity (Wildman–Crippen MR) is 97.6 cm³/mol. The summed E-state index contributed by atoms with van der Waals surface area (Å²) in [6, 6.07) is 3.62. The molecular formula is C15H22BrN3O4S. The third-order valence-electron chi connectivity index (χ3n) is 3.80. The first-order valence-corrected chi connectivity index (χ1v) is 10.1. The quantitative estimate of drug-likeness (QED) is 0.552. The number of methoxy groups -OCH3 is 2. The van der Waals surface area contributed by atoms with Gasteiger partial charge in [0.2, 0.25) is 0 Å². The number of hydrogen-bond acceptors (Lipinski definition) is 5. The molecule has 0 saturated carbocycles. The number of hydrogen-bond donors (Lipinski definition) is 2. The summed E-state index contributed by atoms with van der Waals surface area (Å²) in [6.45, 7) is 0.500. The molecule has 1 heterocycles. The van der Waals surface area contributed by atoms with E-state index in [9.17, 15) is 8.42 Å². The number of guanidine groups is 1. The molecule has 2 N–H and O–H groups in total. The molecule has 1 aromatic rings. The summed E-state index contributed by atoms with van der Waals surface area (Å²) in [5, 5.41) is 6.34. The van der Waals surface area contributed by atoms with Crippen LogP contribution < -0.4 is 20.1 Å². The second-order valence-electron chi connectivity index (χ2n) is 5.47. The van der Waals surface area contributed by atoms with E-state index in [0.717, 1.165) is 10.0 Å². The highest BCUT2D eigenvalue weighted by atomic mass is 79.9. The number of benzene rings is 1. The summed E-state index contributed by atoms with van der Waals surface area (Å²) < 4.78 is 34.5. The maximum absolute atomic E-state index is 11.5. The van der Waals surface area contributed by atoms with Gasteiger partial charge in [0.1, 0.15) is 0 Å². The number of nitrogens with zero attached hydrogens (tertiary/aromatic N) is 1. The van der Waals surface area contributed by atoms with Crippen LogP contribution >= 0.6 is 15.9 Å². The van der Waals surface area contributed by atoms with Crippen molar-refractivity contribution in [3.8, 4) is 11.5 Å². The smallest absolute Gasteiger partial charge is 0.191 e. The Bertz CT molecular complexity index is 722. The second kappa shape index (κ2) is 8.06. The van der Waals surface area contributed by atoms with E-state index in [-0.39, 0.29) is 17.5 Å². The summed E-state index contributed by atoms with van der Waals surface area (Å²) in [7, 11) is 1.91. The van der Waals surface area contributed by atoms with E-state index in [2.05, 4.69) is 31.6 Å². The molecule has 9 heteroatoms. The Hall–Kier alpha value is -1.48. The zero-order chi connectivity index (χ0) is 17.7. The van der Waals surface area contributed by atoms with Crippen molar-refractivity contribution in [1.82, 2.24) is 10.6 Å². The first kappa shape index (κ1) is 18.9. The molecule has 2 rings (SSSR count). The molecule has 1 aliphatic heterocycles. The molecule has 1 unspecified atom stereocenters. The van der Waals surface area contributed by atoms with E-state index < -0.39 is 9.84 Å². The largest absolute Gasteiger partial charge is 0.493 e. The van der Waals surface area contributed by atoms with E-state index in [0.29, 0.717) is 30.4 Å². The van der Waals surface area contributed by atoms with Crippen LogP contribution in [0.1, 0.15) is 12.0 Å². The monoisotopic (exact) mass is 419 g/mol. The standard InChI is InChI=1S/C15H22BrN3O4S/c1-17-15(19-11-4-5-24(20,21)9-11)18-8-10-6-13(22-2)14(23-3)7-12(10)16/h6-7,11H,4-5,8-9H2,1-3H3,(H2,17,18,19). The Morgan fingerprint density at radius 1 is 1.33 bits per heavy atom. The fraction of sp³-hybridized carbons (Fsp3) is 0.533. The summed E-state index contributed by atoms with van der Waals surface area (Å²) in [4.78, 5) is 4.15. The van der Waals surface area contributed by atoms with Gasteiger partial charge in [-0.3, -0.25) is 4.99 Å². The molecule has 0 aliphatic carbocycles. The van der Waals surface area contributed by atoms with Gasteiger partial charge in [-0.2, -0.15) is 0 Å². The molecule has 0 aromatic heterocycles. The number of ether oxygens (including phenoxy) is 2. The van der Waals surface area contributed by atoms with E-state index in [1.54, 1.807) is 21.3 Å². The molecule has 7 nitrogen and oxygen atoms in total. The Labute approximate surface area is 150 Å². The molecule has 0 amide bonds. The van der Waals surface area contributed by atoms with E-state index in [1.165, 1.54) is 0 Å². The first-order chi connectivity index (χ1) is 11.4. The van der Waals surface area contributed by atoms with Crippen molar-refractivity contribution in [3.63, 3.8) is 0 Å². The van der Waals surface area contributed by atoms with Crippen molar-refractivity contribution >= 4 is 31.7 Å². The van der Waals surface area contributed by atoms with Crippen molar-refractivity contribution in [1.29, 1.82) is 0 Å². The van der Waals surface area contributed by atoms with Crippen molar-refractivity contribution in [2.24, 2.45) is 4.99 Å². The molecule has 1 fully saturated rings. The minimum atomic E-state index is -2.92. The lowest BCUT2D eigenvalue weighted by Gasteiger charge is -2.17. The normalized spacial score (nSPS) is 19.8. The van der Waals surface area contributed by atoms with Gasteiger partial charge in [-0.15, -0.1) is 0 Å². The van der Waals surface area contributed by atoms with Gasteiger partial charge in [0.15, 0.2) is 27.3 Å². The minimum Gasteiger partial charge on any atom is -0.493 e. The number of aliphatic imine (C=N–C) groups is 1. The highest BCUT2D eigenvalue weighted by Crippen LogP contribution is 2.33. The summed E-state index contributed by atoms with van der Waals surface area (Å²) in [5.41, 5.74) is 0.967. The molecule has 1 saturated heterocycles. The van der Waals surface area contributed by atoms with Gasteiger partial charge in [-0.05, 0) is 24.1 Å². The Balaban J connectivity index is 2.01. The lowest BCUT2D eigenvalue weighted by atomic mass is 10.2. The third-order valence-corrected chi connectivity index (χ3v) is 6.30. The van der Waals surface area contributed by atoms with Crippen LogP contribution in [-0.4, -0.2) is 53.2 Å². The van der Waals surface area contributed by atoms with Crippen molar-refractivity contribution < 1.29 is 17.9 Å². The molecular weight excluding hydrogens is 398 g/mol. The van der Waals surface area contributed by atoms with E-state index in [1.807, 2.05) is 12.1 Å². The van der Waals surface area contributed by atoms with Gasteiger partial charge in [-0.25, -0.2) is 8.42 Å². The first-order valence-electron chi connectivity index (χ1n) is 7.46. The maximum Gasteiger partial charge on any atom is 0.191 e. The van der Waals surface area contributed by atoms with Gasteiger partial charge in [0.05, 0.1) is 25.7 Å². The number of nitrogens with one attached hydrogen (secondary N) is 2. The zero-order valence-corrected chi connectivity index (χ0v) is 16.3. The van der Waals surface area contributed by atoms with Gasteiger partial charge in [0, 0.05) is 24.1 Å². The van der Waals surface area contributed by atoms with E-state index in [4.69, 9.17) is 9.47 Å². The summed E-state index contributed by atoms with van der Waals surface area (Å²) in [6.07, 6.45) is 0.600. The average molecular weight is 420 g/mol. The SMILES string of the molecule is CN=C(NCc1cc(OC)c(OC)cc1Br)NC1CCS(=O)(=O)C1. The highest BCUT2D eigenvalue weighted by Gasteiger charge is 2.28. The molecule has 0 bridgehead atoms. The Kier molecular flexibility index (Phi) is 6.34. The lowest BCUT2D eigenvalue weighted by Crippen LogP contribution is -2.43.